The van der Waals surface area contributed by atoms with Gasteiger partial charge in [-0.2, -0.15) is 0 Å². The van der Waals surface area contributed by atoms with E-state index in [1.54, 1.807) is 12.1 Å². The van der Waals surface area contributed by atoms with Crippen molar-refractivity contribution < 1.29 is 9.84 Å². The standard InChI is InChI=1S/C17H18Cl2O2/c1-11(2)21-17-6-4-3-5-14(17)16(20)9-12-7-8-13(18)10-15(12)19/h3-8,10-11,16,20H,9H2,1-2H3. The van der Waals surface area contributed by atoms with Crippen LogP contribution >= 0.6 is 23.2 Å². The van der Waals surface area contributed by atoms with Crippen LogP contribution < -0.4 is 4.74 Å². The molecule has 0 amide bonds. The molecule has 0 spiro atoms. The molecule has 2 nitrogen and oxygen atoms in total. The number of halogens is 2. The molecule has 0 radical (unpaired) electrons. The Labute approximate surface area is 135 Å². The molecular weight excluding hydrogens is 307 g/mol. The van der Waals surface area contributed by atoms with E-state index in [-0.39, 0.29) is 6.10 Å². The molecule has 0 saturated heterocycles. The number of ether oxygens (including phenoxy) is 1. The first-order valence-electron chi connectivity index (χ1n) is 6.85. The monoisotopic (exact) mass is 324 g/mol. The first-order valence-corrected chi connectivity index (χ1v) is 7.60. The third-order valence-electron chi connectivity index (χ3n) is 3.07. The van der Waals surface area contributed by atoms with Crippen LogP contribution in [0.25, 0.3) is 0 Å². The maximum absolute atomic E-state index is 10.5. The number of benzene rings is 2. The Morgan fingerprint density at radius 3 is 2.48 bits per heavy atom. The zero-order valence-corrected chi connectivity index (χ0v) is 13.5. The van der Waals surface area contributed by atoms with E-state index in [1.807, 2.05) is 44.2 Å². The Balaban J connectivity index is 2.22. The highest BCUT2D eigenvalue weighted by atomic mass is 35.5. The molecule has 0 aliphatic heterocycles. The molecule has 2 rings (SSSR count). The van der Waals surface area contributed by atoms with E-state index >= 15 is 0 Å². The maximum atomic E-state index is 10.5. The van der Waals surface area contributed by atoms with Crippen molar-refractivity contribution in [3.05, 3.63) is 63.6 Å². The summed E-state index contributed by atoms with van der Waals surface area (Å²) in [5.41, 5.74) is 1.62. The maximum Gasteiger partial charge on any atom is 0.125 e. The van der Waals surface area contributed by atoms with E-state index in [1.165, 1.54) is 0 Å². The molecule has 1 N–H and O–H groups in total. The topological polar surface area (TPSA) is 29.5 Å². The van der Waals surface area contributed by atoms with Gasteiger partial charge < -0.3 is 9.84 Å². The van der Waals surface area contributed by atoms with Crippen LogP contribution in [0.2, 0.25) is 10.0 Å². The third kappa shape index (κ3) is 4.37. The SMILES string of the molecule is CC(C)Oc1ccccc1C(O)Cc1ccc(Cl)cc1Cl. The van der Waals surface area contributed by atoms with Crippen LogP contribution in [0.4, 0.5) is 0 Å². The average Bonchev–Trinajstić information content (AvgIpc) is 2.42. The van der Waals surface area contributed by atoms with Crippen LogP contribution in [-0.4, -0.2) is 11.2 Å². The minimum Gasteiger partial charge on any atom is -0.491 e. The van der Waals surface area contributed by atoms with Crippen LogP contribution in [0.5, 0.6) is 5.75 Å². The number of hydrogen-bond donors (Lipinski definition) is 1. The molecule has 0 aromatic heterocycles. The zero-order valence-electron chi connectivity index (χ0n) is 12.0. The Morgan fingerprint density at radius 2 is 1.81 bits per heavy atom. The summed E-state index contributed by atoms with van der Waals surface area (Å²) < 4.78 is 5.74. The quantitative estimate of drug-likeness (QED) is 0.833. The fourth-order valence-corrected chi connectivity index (χ4v) is 2.61. The van der Waals surface area contributed by atoms with Crippen molar-refractivity contribution in [3.8, 4) is 5.75 Å². The molecule has 112 valence electrons. The molecule has 0 aliphatic carbocycles. The van der Waals surface area contributed by atoms with Crippen molar-refractivity contribution >= 4 is 23.2 Å². The fourth-order valence-electron chi connectivity index (χ4n) is 2.12. The smallest absolute Gasteiger partial charge is 0.125 e. The van der Waals surface area contributed by atoms with Crippen molar-refractivity contribution in [2.45, 2.75) is 32.5 Å². The minimum absolute atomic E-state index is 0.0532. The molecular formula is C17H18Cl2O2. The summed E-state index contributed by atoms with van der Waals surface area (Å²) in [6, 6.07) is 12.8. The highest BCUT2D eigenvalue weighted by Crippen LogP contribution is 2.31. The van der Waals surface area contributed by atoms with E-state index in [9.17, 15) is 5.11 Å². The molecule has 21 heavy (non-hydrogen) atoms. The second kappa shape index (κ2) is 7.17. The van der Waals surface area contributed by atoms with E-state index < -0.39 is 6.10 Å². The molecule has 1 atom stereocenters. The number of aliphatic hydroxyl groups excluding tert-OH is 1. The van der Waals surface area contributed by atoms with Gasteiger partial charge in [-0.15, -0.1) is 0 Å². The number of para-hydroxylation sites is 1. The van der Waals surface area contributed by atoms with Gasteiger partial charge in [0.05, 0.1) is 12.2 Å². The normalized spacial score (nSPS) is 12.5. The number of hydrogen-bond acceptors (Lipinski definition) is 2. The van der Waals surface area contributed by atoms with E-state index in [0.29, 0.717) is 22.2 Å². The van der Waals surface area contributed by atoms with E-state index in [2.05, 4.69) is 0 Å². The first-order chi connectivity index (χ1) is 9.97. The van der Waals surface area contributed by atoms with Crippen LogP contribution in [-0.2, 0) is 6.42 Å². The molecule has 0 aliphatic rings. The summed E-state index contributed by atoms with van der Waals surface area (Å²) in [7, 11) is 0. The van der Waals surface area contributed by atoms with Crippen molar-refractivity contribution in [3.63, 3.8) is 0 Å². The van der Waals surface area contributed by atoms with Crippen LogP contribution in [0.1, 0.15) is 31.1 Å². The largest absolute Gasteiger partial charge is 0.491 e. The van der Waals surface area contributed by atoms with Gasteiger partial charge >= 0.3 is 0 Å². The Bertz CT molecular complexity index is 611. The lowest BCUT2D eigenvalue weighted by Crippen LogP contribution is -2.10. The molecule has 0 fully saturated rings. The second-order valence-electron chi connectivity index (χ2n) is 5.16. The van der Waals surface area contributed by atoms with Gasteiger partial charge in [0.15, 0.2) is 0 Å². The summed E-state index contributed by atoms with van der Waals surface area (Å²) in [6.45, 7) is 3.92. The lowest BCUT2D eigenvalue weighted by Gasteiger charge is -2.18. The van der Waals surface area contributed by atoms with Crippen LogP contribution in [0.15, 0.2) is 42.5 Å². The second-order valence-corrected chi connectivity index (χ2v) is 6.00. The Hall–Kier alpha value is -1.22. The molecule has 2 aromatic carbocycles. The lowest BCUT2D eigenvalue weighted by molar-refractivity contribution is 0.166. The van der Waals surface area contributed by atoms with Gasteiger partial charge in [0.2, 0.25) is 0 Å². The summed E-state index contributed by atoms with van der Waals surface area (Å²) in [5, 5.41) is 11.6. The third-order valence-corrected chi connectivity index (χ3v) is 3.66. The lowest BCUT2D eigenvalue weighted by atomic mass is 10.0. The molecule has 0 heterocycles. The van der Waals surface area contributed by atoms with Crippen LogP contribution in [0.3, 0.4) is 0 Å². The van der Waals surface area contributed by atoms with Gasteiger partial charge in [-0.25, -0.2) is 0 Å². The average molecular weight is 325 g/mol. The van der Waals surface area contributed by atoms with Gasteiger partial charge in [0.25, 0.3) is 0 Å². The van der Waals surface area contributed by atoms with Gasteiger partial charge in [0, 0.05) is 22.0 Å². The molecule has 0 saturated carbocycles. The van der Waals surface area contributed by atoms with Gasteiger partial charge in [-0.3, -0.25) is 0 Å². The highest BCUT2D eigenvalue weighted by Gasteiger charge is 2.16. The zero-order chi connectivity index (χ0) is 15.4. The Kier molecular flexibility index (Phi) is 5.51. The van der Waals surface area contributed by atoms with E-state index in [4.69, 9.17) is 27.9 Å². The summed E-state index contributed by atoms with van der Waals surface area (Å²) in [4.78, 5) is 0. The van der Waals surface area contributed by atoms with E-state index in [0.717, 1.165) is 11.1 Å². The number of aliphatic hydroxyl groups is 1. The summed E-state index contributed by atoms with van der Waals surface area (Å²) in [5.74, 6) is 0.699. The van der Waals surface area contributed by atoms with Gasteiger partial charge in [-0.1, -0.05) is 47.5 Å². The molecule has 2 aromatic rings. The highest BCUT2D eigenvalue weighted by molar-refractivity contribution is 6.35. The predicted molar refractivity (Wildman–Crippen MR) is 87.3 cm³/mol. The van der Waals surface area contributed by atoms with Crippen LogP contribution in [0, 0.1) is 0 Å². The first kappa shape index (κ1) is 16.2. The molecule has 0 bridgehead atoms. The molecule has 1 unspecified atom stereocenters. The van der Waals surface area contributed by atoms with Crippen molar-refractivity contribution in [1.29, 1.82) is 0 Å². The fraction of sp³-hybridized carbons (Fsp3) is 0.294. The van der Waals surface area contributed by atoms with Crippen molar-refractivity contribution in [2.24, 2.45) is 0 Å². The Morgan fingerprint density at radius 1 is 1.10 bits per heavy atom. The predicted octanol–water partition coefficient (Wildman–Crippen LogP) is 5.06. The minimum atomic E-state index is -0.682. The molecule has 4 heteroatoms. The van der Waals surface area contributed by atoms with Crippen molar-refractivity contribution in [1.82, 2.24) is 0 Å². The van der Waals surface area contributed by atoms with Crippen molar-refractivity contribution in [2.75, 3.05) is 0 Å². The summed E-state index contributed by atoms with van der Waals surface area (Å²) >= 11 is 12.0. The summed E-state index contributed by atoms with van der Waals surface area (Å²) in [6.07, 6.45) is -0.217. The van der Waals surface area contributed by atoms with Gasteiger partial charge in [0.1, 0.15) is 5.75 Å². The number of rotatable bonds is 5. The van der Waals surface area contributed by atoms with Gasteiger partial charge in [-0.05, 0) is 37.6 Å².